The maximum Gasteiger partial charge on any atom is 0.251 e. The number of amides is 1. The molecule has 5 heterocycles. The minimum Gasteiger partial charge on any atom is -0.361 e. The zero-order chi connectivity index (χ0) is 37.6. The fraction of sp³-hybridized carbons (Fsp3) is 0.0698. The van der Waals surface area contributed by atoms with Crippen molar-refractivity contribution in [1.29, 1.82) is 0 Å². The number of hydrogen-bond acceptors (Lipinski definition) is 4. The van der Waals surface area contributed by atoms with Gasteiger partial charge in [-0.05, 0) is 102 Å². The van der Waals surface area contributed by atoms with Gasteiger partial charge in [0.05, 0.1) is 10.5 Å². The number of halogens is 4. The van der Waals surface area contributed by atoms with E-state index in [4.69, 9.17) is 46.4 Å². The quantitative estimate of drug-likeness (QED) is 0.125. The topological polar surface area (TPSA) is 119 Å². The van der Waals surface area contributed by atoms with Gasteiger partial charge in [0.15, 0.2) is 6.29 Å². The molecule has 0 atom stereocenters. The molecule has 12 heteroatoms. The standard InChI is InChI=1S/C25H18Cl2N4O.C9H6ClNO.C8H6ClN.CH4/c26-19-2-4-24-22(11-19)18(12-29-24)13-31-25(32)16-5-6-28-21(10-16)8-15-1-3-23-17(7-15)9-20(27)14-30-23;10-7-1-2-9-8(3-7)6(5-12)4-11-9;9-7-1-2-8-6(5-7)3-4-10-8;/h1-7,9-12,14,29H,8,13H2,(H,31,32);1-5,11H;1-5,10H;1H4. The largest absolute Gasteiger partial charge is 0.361 e. The SMILES string of the molecule is C.Clc1ccc2[nH]ccc2c1.O=C(NCc1c[nH]c2ccc(Cl)cc12)c1ccnc(Cc2ccc3ncc(Cl)cc3c2)c1.O=Cc1c[nH]c2ccc(Cl)cc12. The number of nitrogens with zero attached hydrogens (tertiary/aromatic N) is 2. The zero-order valence-corrected chi connectivity index (χ0v) is 31.4. The van der Waals surface area contributed by atoms with Gasteiger partial charge in [0.25, 0.3) is 5.91 Å². The van der Waals surface area contributed by atoms with Crippen LogP contribution in [0.15, 0.2) is 128 Å². The molecule has 4 N–H and O–H groups in total. The number of aldehydes is 1. The van der Waals surface area contributed by atoms with E-state index >= 15 is 0 Å². The summed E-state index contributed by atoms with van der Waals surface area (Å²) in [6.07, 6.45) is 10.2. The van der Waals surface area contributed by atoms with E-state index in [1.54, 1.807) is 36.8 Å². The van der Waals surface area contributed by atoms with E-state index in [1.807, 2.05) is 91.3 Å². The molecule has 55 heavy (non-hydrogen) atoms. The van der Waals surface area contributed by atoms with E-state index in [2.05, 4.69) is 30.2 Å². The fourth-order valence-electron chi connectivity index (χ4n) is 6.00. The number of pyridine rings is 2. The number of aromatic amines is 3. The molecule has 9 rings (SSSR count). The van der Waals surface area contributed by atoms with Crippen LogP contribution < -0.4 is 5.32 Å². The third-order valence-corrected chi connectivity index (χ3v) is 9.58. The number of H-pyrrole nitrogens is 3. The Labute approximate surface area is 336 Å². The zero-order valence-electron chi connectivity index (χ0n) is 28.3. The first-order valence-electron chi connectivity index (χ1n) is 16.7. The minimum absolute atomic E-state index is 0. The summed E-state index contributed by atoms with van der Waals surface area (Å²) < 4.78 is 0. The number of fused-ring (bicyclic) bond motifs is 4. The molecular formula is C43H34Cl4N6O2. The highest BCUT2D eigenvalue weighted by Gasteiger charge is 2.11. The molecular weight excluding hydrogens is 774 g/mol. The Bertz CT molecular complexity index is 2770. The lowest BCUT2D eigenvalue weighted by molar-refractivity contribution is 0.0950. The summed E-state index contributed by atoms with van der Waals surface area (Å²) in [6.45, 7) is 0.398. The highest BCUT2D eigenvalue weighted by Crippen LogP contribution is 2.24. The van der Waals surface area contributed by atoms with Crippen molar-refractivity contribution in [2.24, 2.45) is 0 Å². The van der Waals surface area contributed by atoms with Crippen LogP contribution in [-0.2, 0) is 13.0 Å². The summed E-state index contributed by atoms with van der Waals surface area (Å²) in [4.78, 5) is 41.3. The molecule has 0 unspecified atom stereocenters. The number of benzene rings is 4. The summed E-state index contributed by atoms with van der Waals surface area (Å²) in [5.41, 5.74) is 8.01. The number of carbonyl (C=O) groups excluding carboxylic acids is 2. The van der Waals surface area contributed by atoms with E-state index in [-0.39, 0.29) is 13.3 Å². The molecule has 8 nitrogen and oxygen atoms in total. The Kier molecular flexibility index (Phi) is 12.5. The van der Waals surface area contributed by atoms with Crippen LogP contribution in [0.4, 0.5) is 0 Å². The molecule has 0 aliphatic rings. The molecule has 4 aromatic carbocycles. The van der Waals surface area contributed by atoms with Crippen LogP contribution in [0, 0.1) is 0 Å². The molecule has 0 fully saturated rings. The molecule has 0 saturated carbocycles. The first-order chi connectivity index (χ1) is 26.2. The van der Waals surface area contributed by atoms with Crippen LogP contribution in [0.3, 0.4) is 0 Å². The molecule has 0 radical (unpaired) electrons. The highest BCUT2D eigenvalue weighted by atomic mass is 35.5. The van der Waals surface area contributed by atoms with Gasteiger partial charge in [0.1, 0.15) is 0 Å². The lowest BCUT2D eigenvalue weighted by atomic mass is 10.0. The lowest BCUT2D eigenvalue weighted by Gasteiger charge is -2.07. The van der Waals surface area contributed by atoms with Crippen LogP contribution in [0.25, 0.3) is 43.6 Å². The van der Waals surface area contributed by atoms with Crippen LogP contribution in [0.5, 0.6) is 0 Å². The maximum absolute atomic E-state index is 12.8. The van der Waals surface area contributed by atoms with Crippen LogP contribution in [-0.4, -0.2) is 37.1 Å². The summed E-state index contributed by atoms with van der Waals surface area (Å²) in [6, 6.07) is 30.3. The van der Waals surface area contributed by atoms with E-state index in [0.717, 1.165) is 71.7 Å². The van der Waals surface area contributed by atoms with Crippen molar-refractivity contribution in [3.63, 3.8) is 0 Å². The third kappa shape index (κ3) is 9.54. The van der Waals surface area contributed by atoms with Gasteiger partial charge in [-0.15, -0.1) is 0 Å². The predicted octanol–water partition coefficient (Wildman–Crippen LogP) is 12.0. The second kappa shape index (κ2) is 17.7. The Hall–Kier alpha value is -5.64. The molecule has 1 amide bonds. The van der Waals surface area contributed by atoms with Gasteiger partial charge < -0.3 is 20.3 Å². The Morgan fingerprint density at radius 3 is 2.15 bits per heavy atom. The van der Waals surface area contributed by atoms with Crippen molar-refractivity contribution in [3.05, 3.63) is 176 Å². The summed E-state index contributed by atoms with van der Waals surface area (Å²) in [7, 11) is 0. The van der Waals surface area contributed by atoms with Gasteiger partial charge in [0, 0.05) is 114 Å². The normalized spacial score (nSPS) is 10.7. The number of carbonyl (C=O) groups is 2. The van der Waals surface area contributed by atoms with Gasteiger partial charge in [0.2, 0.25) is 0 Å². The molecule has 0 bridgehead atoms. The van der Waals surface area contributed by atoms with Gasteiger partial charge in [-0.25, -0.2) is 0 Å². The second-order valence-corrected chi connectivity index (χ2v) is 14.1. The Morgan fingerprint density at radius 1 is 0.673 bits per heavy atom. The predicted molar refractivity (Wildman–Crippen MR) is 227 cm³/mol. The van der Waals surface area contributed by atoms with Gasteiger partial charge >= 0.3 is 0 Å². The first-order valence-corrected chi connectivity index (χ1v) is 18.2. The van der Waals surface area contributed by atoms with E-state index in [1.165, 1.54) is 0 Å². The van der Waals surface area contributed by atoms with E-state index < -0.39 is 0 Å². The van der Waals surface area contributed by atoms with Crippen molar-refractivity contribution < 1.29 is 9.59 Å². The number of hydrogen-bond donors (Lipinski definition) is 4. The van der Waals surface area contributed by atoms with Crippen LogP contribution >= 0.6 is 46.4 Å². The second-order valence-electron chi connectivity index (χ2n) is 12.3. The Morgan fingerprint density at radius 2 is 1.36 bits per heavy atom. The summed E-state index contributed by atoms with van der Waals surface area (Å²) in [5, 5.41) is 9.68. The summed E-state index contributed by atoms with van der Waals surface area (Å²) in [5.74, 6) is -0.153. The maximum atomic E-state index is 12.8. The van der Waals surface area contributed by atoms with E-state index in [9.17, 15) is 9.59 Å². The van der Waals surface area contributed by atoms with E-state index in [0.29, 0.717) is 39.2 Å². The molecule has 0 aliphatic carbocycles. The first kappa shape index (κ1) is 39.1. The minimum atomic E-state index is -0.153. The number of aromatic nitrogens is 5. The monoisotopic (exact) mass is 806 g/mol. The molecule has 5 aromatic heterocycles. The molecule has 0 spiro atoms. The number of nitrogens with one attached hydrogen (secondary N) is 4. The molecule has 9 aromatic rings. The third-order valence-electron chi connectivity index (χ3n) is 8.66. The lowest BCUT2D eigenvalue weighted by Crippen LogP contribution is -2.22. The van der Waals surface area contributed by atoms with Crippen molar-refractivity contribution in [1.82, 2.24) is 30.2 Å². The average Bonchev–Trinajstić information content (AvgIpc) is 3.92. The fourth-order valence-corrected chi connectivity index (χ4v) is 6.69. The van der Waals surface area contributed by atoms with Crippen molar-refractivity contribution in [2.75, 3.05) is 0 Å². The highest BCUT2D eigenvalue weighted by molar-refractivity contribution is 6.32. The summed E-state index contributed by atoms with van der Waals surface area (Å²) >= 11 is 23.7. The van der Waals surface area contributed by atoms with Gasteiger partial charge in [-0.1, -0.05) is 59.9 Å². The smallest absolute Gasteiger partial charge is 0.251 e. The average molecular weight is 809 g/mol. The van der Waals surface area contributed by atoms with Crippen molar-refractivity contribution in [3.8, 4) is 0 Å². The van der Waals surface area contributed by atoms with Crippen LogP contribution in [0.2, 0.25) is 20.1 Å². The molecule has 276 valence electrons. The van der Waals surface area contributed by atoms with Gasteiger partial charge in [-0.2, -0.15) is 0 Å². The van der Waals surface area contributed by atoms with Crippen molar-refractivity contribution >= 4 is 102 Å². The van der Waals surface area contributed by atoms with Gasteiger partial charge in [-0.3, -0.25) is 19.6 Å². The van der Waals surface area contributed by atoms with Crippen molar-refractivity contribution in [2.45, 2.75) is 20.4 Å². The Balaban J connectivity index is 0.000000181. The molecule has 0 aliphatic heterocycles. The number of rotatable bonds is 6. The van der Waals surface area contributed by atoms with Crippen LogP contribution in [0.1, 0.15) is 45.0 Å². The molecule has 0 saturated heterocycles.